The third-order valence-electron chi connectivity index (χ3n) is 2.92. The summed E-state index contributed by atoms with van der Waals surface area (Å²) in [5.74, 6) is 0.406. The number of amides is 1. The number of nitrogens with one attached hydrogen (secondary N) is 2. The van der Waals surface area contributed by atoms with Crippen LogP contribution in [0.3, 0.4) is 0 Å². The molecular weight excluding hydrogens is 274 g/mol. The lowest BCUT2D eigenvalue weighted by Crippen LogP contribution is -2.28. The van der Waals surface area contributed by atoms with Crippen LogP contribution in [0.2, 0.25) is 0 Å². The number of rotatable bonds is 3. The molecule has 2 N–H and O–H groups in total. The molecule has 0 aliphatic heterocycles. The molecule has 1 atom stereocenters. The number of nitrogens with zero attached hydrogens (tertiary/aromatic N) is 7. The summed E-state index contributed by atoms with van der Waals surface area (Å²) in [6.07, 6.45) is 0. The summed E-state index contributed by atoms with van der Waals surface area (Å²) in [7, 11) is 0. The summed E-state index contributed by atoms with van der Waals surface area (Å²) >= 11 is 0. The van der Waals surface area contributed by atoms with E-state index in [0.29, 0.717) is 11.6 Å². The molecule has 3 heterocycles. The second kappa shape index (κ2) is 4.89. The van der Waals surface area contributed by atoms with Crippen LogP contribution >= 0.6 is 0 Å². The average Bonchev–Trinajstić information content (AvgIpc) is 3.07. The van der Waals surface area contributed by atoms with Gasteiger partial charge >= 0.3 is 0 Å². The third-order valence-corrected chi connectivity index (χ3v) is 2.92. The molecule has 0 aromatic carbocycles. The standard InChI is InChI=1S/C11H13N9O/c1-5-4-6(2)20-11(12-5)14-9(17-20)10(21)13-7(3)8-15-18-19-16-8/h4,7H,1-3H3,(H,13,21)(H,15,16,18,19). The highest BCUT2D eigenvalue weighted by Crippen LogP contribution is 2.07. The topological polar surface area (TPSA) is 127 Å². The number of fused-ring (bicyclic) bond motifs is 1. The number of hydrogen-bond acceptors (Lipinski definition) is 7. The number of aromatic amines is 1. The molecule has 1 unspecified atom stereocenters. The first-order chi connectivity index (χ1) is 10.0. The molecule has 3 aromatic rings. The lowest BCUT2D eigenvalue weighted by Gasteiger charge is -2.06. The number of hydrogen-bond donors (Lipinski definition) is 2. The van der Waals surface area contributed by atoms with E-state index in [1.165, 1.54) is 4.52 Å². The Kier molecular flexibility index (Phi) is 3.05. The molecule has 0 saturated heterocycles. The number of carbonyl (C=O) groups is 1. The van der Waals surface area contributed by atoms with Crippen LogP contribution in [0, 0.1) is 13.8 Å². The van der Waals surface area contributed by atoms with Gasteiger partial charge in [-0.3, -0.25) is 4.79 Å². The van der Waals surface area contributed by atoms with E-state index in [4.69, 9.17) is 0 Å². The summed E-state index contributed by atoms with van der Waals surface area (Å²) in [6, 6.07) is 1.46. The normalized spacial score (nSPS) is 12.5. The molecule has 21 heavy (non-hydrogen) atoms. The van der Waals surface area contributed by atoms with E-state index < -0.39 is 11.9 Å². The largest absolute Gasteiger partial charge is 0.339 e. The highest BCUT2D eigenvalue weighted by molar-refractivity contribution is 5.91. The average molecular weight is 287 g/mol. The van der Waals surface area contributed by atoms with Crippen molar-refractivity contribution in [2.75, 3.05) is 0 Å². The second-order valence-electron chi connectivity index (χ2n) is 4.65. The summed E-state index contributed by atoms with van der Waals surface area (Å²) in [6.45, 7) is 5.48. The Hall–Kier alpha value is -2.91. The molecule has 108 valence electrons. The van der Waals surface area contributed by atoms with E-state index in [1.807, 2.05) is 19.9 Å². The summed E-state index contributed by atoms with van der Waals surface area (Å²) in [4.78, 5) is 20.5. The van der Waals surface area contributed by atoms with Crippen LogP contribution < -0.4 is 5.32 Å². The SMILES string of the molecule is Cc1cc(C)n2nc(C(=O)NC(C)c3nn[nH]n3)nc2n1. The molecule has 0 radical (unpaired) electrons. The molecule has 0 bridgehead atoms. The molecule has 10 heteroatoms. The van der Waals surface area contributed by atoms with Crippen molar-refractivity contribution in [3.63, 3.8) is 0 Å². The fourth-order valence-corrected chi connectivity index (χ4v) is 1.94. The van der Waals surface area contributed by atoms with Gasteiger partial charge in [0.1, 0.15) is 0 Å². The van der Waals surface area contributed by atoms with Gasteiger partial charge in [-0.25, -0.2) is 9.50 Å². The molecule has 3 rings (SSSR count). The number of carbonyl (C=O) groups excluding carboxylic acids is 1. The van der Waals surface area contributed by atoms with Crippen molar-refractivity contribution in [1.82, 2.24) is 45.5 Å². The van der Waals surface area contributed by atoms with Crippen molar-refractivity contribution in [2.24, 2.45) is 0 Å². The predicted octanol–water partition coefficient (Wildman–Crippen LogP) is -0.255. The van der Waals surface area contributed by atoms with Gasteiger partial charge in [-0.1, -0.05) is 5.21 Å². The fraction of sp³-hybridized carbons (Fsp3) is 0.364. The number of aryl methyl sites for hydroxylation is 2. The van der Waals surface area contributed by atoms with Crippen molar-refractivity contribution in [3.8, 4) is 0 Å². The van der Waals surface area contributed by atoms with Crippen molar-refractivity contribution in [2.45, 2.75) is 26.8 Å². The Morgan fingerprint density at radius 2 is 2.19 bits per heavy atom. The van der Waals surface area contributed by atoms with Gasteiger partial charge in [0, 0.05) is 11.4 Å². The van der Waals surface area contributed by atoms with Gasteiger partial charge in [0.15, 0.2) is 5.82 Å². The summed E-state index contributed by atoms with van der Waals surface area (Å²) in [5, 5.41) is 20.3. The summed E-state index contributed by atoms with van der Waals surface area (Å²) < 4.78 is 1.53. The molecule has 0 saturated carbocycles. The quantitative estimate of drug-likeness (QED) is 0.679. The van der Waals surface area contributed by atoms with Gasteiger partial charge in [0.25, 0.3) is 11.7 Å². The molecular formula is C11H13N9O. The van der Waals surface area contributed by atoms with Gasteiger partial charge in [0.2, 0.25) is 5.82 Å². The van der Waals surface area contributed by atoms with Crippen molar-refractivity contribution in [3.05, 3.63) is 29.1 Å². The molecule has 1 amide bonds. The first-order valence-corrected chi connectivity index (χ1v) is 6.30. The van der Waals surface area contributed by atoms with E-state index in [9.17, 15) is 4.79 Å². The van der Waals surface area contributed by atoms with E-state index in [0.717, 1.165) is 11.4 Å². The van der Waals surface area contributed by atoms with E-state index in [-0.39, 0.29) is 5.82 Å². The highest BCUT2D eigenvalue weighted by Gasteiger charge is 2.19. The second-order valence-corrected chi connectivity index (χ2v) is 4.65. The maximum atomic E-state index is 12.2. The van der Waals surface area contributed by atoms with E-state index in [2.05, 4.69) is 41.0 Å². The first kappa shape index (κ1) is 13.1. The number of aromatic nitrogens is 8. The van der Waals surface area contributed by atoms with Crippen LogP contribution in [0.4, 0.5) is 0 Å². The van der Waals surface area contributed by atoms with Crippen molar-refractivity contribution < 1.29 is 4.79 Å². The zero-order chi connectivity index (χ0) is 15.0. The first-order valence-electron chi connectivity index (χ1n) is 6.30. The summed E-state index contributed by atoms with van der Waals surface area (Å²) in [5.41, 5.74) is 1.68. The zero-order valence-electron chi connectivity index (χ0n) is 11.7. The third kappa shape index (κ3) is 2.42. The Morgan fingerprint density at radius 1 is 1.38 bits per heavy atom. The van der Waals surface area contributed by atoms with E-state index >= 15 is 0 Å². The molecule has 0 spiro atoms. The molecule has 0 fully saturated rings. The van der Waals surface area contributed by atoms with Gasteiger partial charge < -0.3 is 5.32 Å². The van der Waals surface area contributed by atoms with Gasteiger partial charge in [-0.05, 0) is 26.8 Å². The van der Waals surface area contributed by atoms with E-state index in [1.54, 1.807) is 6.92 Å². The van der Waals surface area contributed by atoms with Crippen LogP contribution in [0.5, 0.6) is 0 Å². The fourth-order valence-electron chi connectivity index (χ4n) is 1.94. The maximum absolute atomic E-state index is 12.2. The van der Waals surface area contributed by atoms with Crippen LogP contribution in [0.15, 0.2) is 6.07 Å². The van der Waals surface area contributed by atoms with Crippen molar-refractivity contribution in [1.29, 1.82) is 0 Å². The highest BCUT2D eigenvalue weighted by atomic mass is 16.2. The van der Waals surface area contributed by atoms with Crippen LogP contribution in [-0.2, 0) is 0 Å². The lowest BCUT2D eigenvalue weighted by atomic mass is 10.3. The zero-order valence-corrected chi connectivity index (χ0v) is 11.7. The van der Waals surface area contributed by atoms with Gasteiger partial charge in [-0.15, -0.1) is 15.3 Å². The minimum absolute atomic E-state index is 0.0477. The van der Waals surface area contributed by atoms with Gasteiger partial charge in [0.05, 0.1) is 6.04 Å². The Balaban J connectivity index is 1.86. The minimum atomic E-state index is -0.421. The minimum Gasteiger partial charge on any atom is -0.339 e. The molecule has 0 aliphatic carbocycles. The Bertz CT molecular complexity index is 791. The lowest BCUT2D eigenvalue weighted by molar-refractivity contribution is 0.0928. The van der Waals surface area contributed by atoms with Gasteiger partial charge in [-0.2, -0.15) is 10.2 Å². The Morgan fingerprint density at radius 3 is 2.90 bits per heavy atom. The van der Waals surface area contributed by atoms with Crippen LogP contribution in [-0.4, -0.2) is 46.1 Å². The predicted molar refractivity (Wildman–Crippen MR) is 70.3 cm³/mol. The molecule has 3 aromatic heterocycles. The van der Waals surface area contributed by atoms with Crippen LogP contribution in [0.25, 0.3) is 5.78 Å². The van der Waals surface area contributed by atoms with Crippen molar-refractivity contribution >= 4 is 11.7 Å². The maximum Gasteiger partial charge on any atom is 0.291 e. The monoisotopic (exact) mass is 287 g/mol. The number of tetrazole rings is 1. The molecule has 0 aliphatic rings. The smallest absolute Gasteiger partial charge is 0.291 e. The Labute approximate surface area is 119 Å². The number of H-pyrrole nitrogens is 1. The molecule has 10 nitrogen and oxygen atoms in total. The van der Waals surface area contributed by atoms with Crippen LogP contribution in [0.1, 0.15) is 40.8 Å².